The van der Waals surface area contributed by atoms with E-state index in [1.165, 1.54) is 0 Å². The summed E-state index contributed by atoms with van der Waals surface area (Å²) in [5, 5.41) is 0. The van der Waals surface area contributed by atoms with Crippen molar-refractivity contribution in [1.29, 1.82) is 0 Å². The van der Waals surface area contributed by atoms with Gasteiger partial charge in [-0.3, -0.25) is 0 Å². The molecular weight excluding hydrogens is 306 g/mol. The smallest absolute Gasteiger partial charge is 0.153 e. The van der Waals surface area contributed by atoms with Crippen molar-refractivity contribution in [3.8, 4) is 5.75 Å². The fraction of sp³-hybridized carbons (Fsp3) is 0.455. The predicted octanol–water partition coefficient (Wildman–Crippen LogP) is 1.69. The lowest BCUT2D eigenvalue weighted by molar-refractivity contribution is 0.414. The highest BCUT2D eigenvalue weighted by Gasteiger charge is 2.23. The van der Waals surface area contributed by atoms with Crippen molar-refractivity contribution in [2.24, 2.45) is 0 Å². The summed E-state index contributed by atoms with van der Waals surface area (Å²) in [4.78, 5) is 2.06. The second kappa shape index (κ2) is 4.86. The maximum atomic E-state index is 11.4. The van der Waals surface area contributed by atoms with E-state index in [0.29, 0.717) is 13.1 Å². The molecule has 1 aromatic rings. The van der Waals surface area contributed by atoms with E-state index in [4.69, 9.17) is 4.74 Å². The van der Waals surface area contributed by atoms with Crippen LogP contribution in [0.5, 0.6) is 5.75 Å². The Balaban J connectivity index is 2.23. The third-order valence-electron chi connectivity index (χ3n) is 2.84. The molecule has 1 aliphatic heterocycles. The molecular formula is C11H14BrNO3S. The second-order valence-electron chi connectivity index (χ2n) is 3.96. The minimum Gasteiger partial charge on any atom is -0.497 e. The third kappa shape index (κ3) is 2.93. The predicted molar refractivity (Wildman–Crippen MR) is 71.6 cm³/mol. The molecule has 0 amide bonds. The van der Waals surface area contributed by atoms with Gasteiger partial charge in [0.15, 0.2) is 9.84 Å². The summed E-state index contributed by atoms with van der Waals surface area (Å²) >= 11 is 3.48. The van der Waals surface area contributed by atoms with Crippen molar-refractivity contribution in [2.45, 2.75) is 0 Å². The summed E-state index contributed by atoms with van der Waals surface area (Å²) in [6.45, 7) is 1.07. The maximum Gasteiger partial charge on any atom is 0.153 e. The molecule has 0 unspecified atom stereocenters. The van der Waals surface area contributed by atoms with Crippen LogP contribution >= 0.6 is 15.9 Å². The molecule has 1 fully saturated rings. The van der Waals surface area contributed by atoms with Gasteiger partial charge in [0.05, 0.1) is 24.3 Å². The summed E-state index contributed by atoms with van der Waals surface area (Å²) in [6.07, 6.45) is 0. The Kier molecular flexibility index (Phi) is 3.63. The van der Waals surface area contributed by atoms with Gasteiger partial charge < -0.3 is 9.64 Å². The highest BCUT2D eigenvalue weighted by Crippen LogP contribution is 2.31. The molecule has 0 saturated carbocycles. The van der Waals surface area contributed by atoms with Crippen LogP contribution in [0, 0.1) is 0 Å². The standard InChI is InChI=1S/C11H14BrNO3S/c1-16-9-2-3-10(12)11(8-9)13-4-6-17(14,15)7-5-13/h2-3,8H,4-7H2,1H3. The topological polar surface area (TPSA) is 46.6 Å². The van der Waals surface area contributed by atoms with E-state index in [2.05, 4.69) is 20.8 Å². The van der Waals surface area contributed by atoms with Gasteiger partial charge in [-0.15, -0.1) is 0 Å². The van der Waals surface area contributed by atoms with E-state index >= 15 is 0 Å². The number of nitrogens with zero attached hydrogens (tertiary/aromatic N) is 1. The molecule has 4 nitrogen and oxygen atoms in total. The van der Waals surface area contributed by atoms with Gasteiger partial charge in [0.25, 0.3) is 0 Å². The van der Waals surface area contributed by atoms with Gasteiger partial charge in [0.1, 0.15) is 5.75 Å². The van der Waals surface area contributed by atoms with Gasteiger partial charge in [-0.2, -0.15) is 0 Å². The maximum absolute atomic E-state index is 11.4. The Labute approximate surface area is 110 Å². The second-order valence-corrected chi connectivity index (χ2v) is 7.11. The molecule has 17 heavy (non-hydrogen) atoms. The van der Waals surface area contributed by atoms with Crippen LogP contribution in [0.2, 0.25) is 0 Å². The third-order valence-corrected chi connectivity index (χ3v) is 5.12. The average Bonchev–Trinajstić information content (AvgIpc) is 2.30. The van der Waals surface area contributed by atoms with Gasteiger partial charge in [0.2, 0.25) is 0 Å². The fourth-order valence-corrected chi connectivity index (χ4v) is 3.51. The average molecular weight is 320 g/mol. The van der Waals surface area contributed by atoms with Crippen LogP contribution in [-0.2, 0) is 9.84 Å². The summed E-state index contributed by atoms with van der Waals surface area (Å²) in [5.41, 5.74) is 0.985. The van der Waals surface area contributed by atoms with Gasteiger partial charge in [-0.05, 0) is 28.1 Å². The number of hydrogen-bond acceptors (Lipinski definition) is 4. The minimum atomic E-state index is -2.84. The molecule has 1 aliphatic rings. The number of hydrogen-bond donors (Lipinski definition) is 0. The Morgan fingerprint density at radius 3 is 2.53 bits per heavy atom. The van der Waals surface area contributed by atoms with Crippen molar-refractivity contribution < 1.29 is 13.2 Å². The largest absolute Gasteiger partial charge is 0.497 e. The molecule has 1 saturated heterocycles. The van der Waals surface area contributed by atoms with Crippen LogP contribution in [0.25, 0.3) is 0 Å². The molecule has 0 aromatic heterocycles. The zero-order chi connectivity index (χ0) is 12.5. The number of methoxy groups -OCH3 is 1. The number of sulfone groups is 1. The molecule has 2 rings (SSSR count). The van der Waals surface area contributed by atoms with Gasteiger partial charge in [-0.25, -0.2) is 8.42 Å². The SMILES string of the molecule is COc1ccc(Br)c(N2CCS(=O)(=O)CC2)c1. The van der Waals surface area contributed by atoms with E-state index in [1.807, 2.05) is 18.2 Å². The van der Waals surface area contributed by atoms with Gasteiger partial charge >= 0.3 is 0 Å². The first-order chi connectivity index (χ1) is 8.02. The Hall–Kier alpha value is -0.750. The molecule has 6 heteroatoms. The molecule has 0 aliphatic carbocycles. The minimum absolute atomic E-state index is 0.219. The van der Waals surface area contributed by atoms with Crippen LogP contribution in [0.4, 0.5) is 5.69 Å². The molecule has 0 atom stereocenters. The Morgan fingerprint density at radius 2 is 1.94 bits per heavy atom. The number of rotatable bonds is 2. The molecule has 0 radical (unpaired) electrons. The van der Waals surface area contributed by atoms with Gasteiger partial charge in [0, 0.05) is 23.6 Å². The molecule has 1 aromatic carbocycles. The van der Waals surface area contributed by atoms with E-state index in [1.54, 1.807) is 7.11 Å². The molecule has 94 valence electrons. The van der Waals surface area contributed by atoms with Crippen LogP contribution in [0.15, 0.2) is 22.7 Å². The molecule has 0 spiro atoms. The first-order valence-corrected chi connectivity index (χ1v) is 7.92. The monoisotopic (exact) mass is 319 g/mol. The van der Waals surface area contributed by atoms with Crippen LogP contribution < -0.4 is 9.64 Å². The molecule has 0 bridgehead atoms. The Bertz CT molecular complexity index is 501. The highest BCUT2D eigenvalue weighted by atomic mass is 79.9. The van der Waals surface area contributed by atoms with E-state index in [0.717, 1.165) is 15.9 Å². The number of anilines is 1. The van der Waals surface area contributed by atoms with Crippen molar-refractivity contribution in [1.82, 2.24) is 0 Å². The van der Waals surface area contributed by atoms with Crippen LogP contribution in [0.1, 0.15) is 0 Å². The Morgan fingerprint density at radius 1 is 1.29 bits per heavy atom. The van der Waals surface area contributed by atoms with Crippen LogP contribution in [0.3, 0.4) is 0 Å². The summed E-state index contributed by atoms with van der Waals surface area (Å²) in [7, 11) is -1.22. The number of benzene rings is 1. The summed E-state index contributed by atoms with van der Waals surface area (Å²) in [5.74, 6) is 1.21. The van der Waals surface area contributed by atoms with Crippen LogP contribution in [-0.4, -0.2) is 40.1 Å². The first kappa shape index (κ1) is 12.7. The van der Waals surface area contributed by atoms with Crippen molar-refractivity contribution in [3.63, 3.8) is 0 Å². The van der Waals surface area contributed by atoms with Crippen molar-refractivity contribution in [3.05, 3.63) is 22.7 Å². The lowest BCUT2D eigenvalue weighted by Crippen LogP contribution is -2.40. The first-order valence-electron chi connectivity index (χ1n) is 5.31. The van der Waals surface area contributed by atoms with Gasteiger partial charge in [-0.1, -0.05) is 0 Å². The lowest BCUT2D eigenvalue weighted by Gasteiger charge is -2.29. The molecule has 1 heterocycles. The normalized spacial score (nSPS) is 19.1. The molecule has 0 N–H and O–H groups in total. The number of ether oxygens (including phenoxy) is 1. The van der Waals surface area contributed by atoms with E-state index in [9.17, 15) is 8.42 Å². The quantitative estimate of drug-likeness (QED) is 0.832. The fourth-order valence-electron chi connectivity index (χ4n) is 1.82. The summed E-state index contributed by atoms with van der Waals surface area (Å²) < 4.78 is 28.9. The van der Waals surface area contributed by atoms with Crippen molar-refractivity contribution in [2.75, 3.05) is 36.6 Å². The van der Waals surface area contributed by atoms with E-state index in [-0.39, 0.29) is 11.5 Å². The lowest BCUT2D eigenvalue weighted by atomic mass is 10.2. The van der Waals surface area contributed by atoms with E-state index < -0.39 is 9.84 Å². The summed E-state index contributed by atoms with van der Waals surface area (Å²) in [6, 6.07) is 5.70. The zero-order valence-electron chi connectivity index (χ0n) is 9.52. The number of halogens is 1. The zero-order valence-corrected chi connectivity index (χ0v) is 11.9. The van der Waals surface area contributed by atoms with Crippen molar-refractivity contribution >= 4 is 31.5 Å². The highest BCUT2D eigenvalue weighted by molar-refractivity contribution is 9.10.